The van der Waals surface area contributed by atoms with Gasteiger partial charge in [0.1, 0.15) is 11.9 Å². The minimum absolute atomic E-state index is 0.0234. The van der Waals surface area contributed by atoms with Gasteiger partial charge >= 0.3 is 6.09 Å². The number of hydrogen-bond acceptors (Lipinski definition) is 6. The molecule has 3 aliphatic rings. The molecule has 2 heterocycles. The highest BCUT2D eigenvalue weighted by molar-refractivity contribution is 5.99. The number of hydrazone groups is 1. The molecule has 0 bridgehead atoms. The van der Waals surface area contributed by atoms with Crippen LogP contribution in [0.5, 0.6) is 0 Å². The van der Waals surface area contributed by atoms with Crippen LogP contribution in [-0.2, 0) is 9.53 Å². The Kier molecular flexibility index (Phi) is 4.16. The van der Waals surface area contributed by atoms with E-state index in [1.807, 2.05) is 4.90 Å². The van der Waals surface area contributed by atoms with Crippen molar-refractivity contribution in [2.75, 3.05) is 36.0 Å². The Labute approximate surface area is 156 Å². The Balaban J connectivity index is 1.48. The van der Waals surface area contributed by atoms with Crippen LogP contribution in [0.15, 0.2) is 23.3 Å². The van der Waals surface area contributed by atoms with Crippen molar-refractivity contribution in [2.45, 2.75) is 25.9 Å². The number of rotatable bonds is 4. The Bertz CT molecular complexity index is 823. The number of nitrogens with zero attached hydrogens (tertiary/aromatic N) is 3. The maximum Gasteiger partial charge on any atom is 0.414 e. The topological polar surface area (TPSA) is 100 Å². The lowest BCUT2D eigenvalue weighted by molar-refractivity contribution is -0.119. The molecule has 1 saturated carbocycles. The van der Waals surface area contributed by atoms with Crippen LogP contribution in [0, 0.1) is 11.2 Å². The van der Waals surface area contributed by atoms with Gasteiger partial charge in [-0.15, -0.1) is 0 Å². The number of anilines is 2. The van der Waals surface area contributed by atoms with Gasteiger partial charge in [0, 0.05) is 18.9 Å². The first-order chi connectivity index (χ1) is 12.9. The van der Waals surface area contributed by atoms with Crippen molar-refractivity contribution in [2.24, 2.45) is 16.4 Å². The molecule has 4 rings (SSSR count). The summed E-state index contributed by atoms with van der Waals surface area (Å²) >= 11 is 0. The summed E-state index contributed by atoms with van der Waals surface area (Å²) in [6, 6.07) is 4.72. The predicted molar refractivity (Wildman–Crippen MR) is 98.2 cm³/mol. The van der Waals surface area contributed by atoms with E-state index in [1.165, 1.54) is 17.9 Å². The van der Waals surface area contributed by atoms with Crippen LogP contribution in [0.1, 0.15) is 19.8 Å². The van der Waals surface area contributed by atoms with Crippen molar-refractivity contribution in [1.29, 1.82) is 0 Å². The van der Waals surface area contributed by atoms with E-state index < -0.39 is 18.0 Å². The lowest BCUT2D eigenvalue weighted by atomic mass is 10.1. The zero-order valence-electron chi connectivity index (χ0n) is 15.1. The molecule has 2 aliphatic heterocycles. The molecule has 1 aliphatic carbocycles. The van der Waals surface area contributed by atoms with E-state index in [4.69, 9.17) is 10.6 Å². The van der Waals surface area contributed by atoms with E-state index in [1.54, 1.807) is 12.1 Å². The summed E-state index contributed by atoms with van der Waals surface area (Å²) in [7, 11) is 0. The first kappa shape index (κ1) is 17.6. The zero-order chi connectivity index (χ0) is 19.2. The Morgan fingerprint density at radius 1 is 1.48 bits per heavy atom. The van der Waals surface area contributed by atoms with Crippen molar-refractivity contribution >= 4 is 29.1 Å². The molecular formula is C18H22FN5O3. The van der Waals surface area contributed by atoms with Crippen molar-refractivity contribution in [1.82, 2.24) is 5.32 Å². The van der Waals surface area contributed by atoms with Crippen LogP contribution in [-0.4, -0.2) is 50.0 Å². The van der Waals surface area contributed by atoms with E-state index in [-0.39, 0.29) is 24.4 Å². The summed E-state index contributed by atoms with van der Waals surface area (Å²) in [6.07, 6.45) is 1.07. The molecule has 2 saturated heterocycles. The number of nitrogens with one attached hydrogen (secondary N) is 1. The molecule has 0 radical (unpaired) electrons. The number of benzene rings is 1. The van der Waals surface area contributed by atoms with Crippen molar-refractivity contribution < 1.29 is 18.7 Å². The number of hydrogen-bond donors (Lipinski definition) is 2. The standard InChI is InChI=1S/C18H22FN5O3/c1-11(25)21-7-13-8-24(17(26)27-13)12-2-3-15(14(19)6-12)23-9-16(22-20)18(10-23)4-5-18/h2-3,6,13H,4-5,7-10,20H2,1H3,(H,21,25)/b22-16+/t13-/m0/s1. The van der Waals surface area contributed by atoms with Gasteiger partial charge in [-0.3, -0.25) is 9.69 Å². The summed E-state index contributed by atoms with van der Waals surface area (Å²) in [5.41, 5.74) is 1.86. The highest BCUT2D eigenvalue weighted by Gasteiger charge is 2.53. The van der Waals surface area contributed by atoms with Gasteiger partial charge in [-0.1, -0.05) is 0 Å². The molecule has 9 heteroatoms. The van der Waals surface area contributed by atoms with Gasteiger partial charge in [-0.2, -0.15) is 5.10 Å². The Morgan fingerprint density at radius 3 is 2.85 bits per heavy atom. The Hall–Kier alpha value is -2.84. The maximum absolute atomic E-state index is 14.8. The highest BCUT2D eigenvalue weighted by atomic mass is 19.1. The summed E-state index contributed by atoms with van der Waals surface area (Å²) in [5.74, 6) is 4.89. The van der Waals surface area contributed by atoms with Crippen molar-refractivity contribution in [3.05, 3.63) is 24.0 Å². The zero-order valence-corrected chi connectivity index (χ0v) is 15.1. The number of nitrogens with two attached hydrogens (primary N) is 1. The van der Waals surface area contributed by atoms with E-state index in [0.29, 0.717) is 24.5 Å². The molecule has 0 unspecified atom stereocenters. The fourth-order valence-corrected chi connectivity index (χ4v) is 3.82. The molecular weight excluding hydrogens is 353 g/mol. The fourth-order valence-electron chi connectivity index (χ4n) is 3.82. The van der Waals surface area contributed by atoms with Crippen molar-refractivity contribution in [3.63, 3.8) is 0 Å². The first-order valence-corrected chi connectivity index (χ1v) is 8.96. The van der Waals surface area contributed by atoms with Gasteiger partial charge in [0.15, 0.2) is 0 Å². The second kappa shape index (κ2) is 6.40. The number of ether oxygens (including phenoxy) is 1. The number of cyclic esters (lactones) is 1. The molecule has 3 fully saturated rings. The molecule has 144 valence electrons. The number of amides is 2. The van der Waals surface area contributed by atoms with Gasteiger partial charge in [0.05, 0.1) is 36.7 Å². The van der Waals surface area contributed by atoms with E-state index in [0.717, 1.165) is 18.6 Å². The normalized spacial score (nSPS) is 24.6. The smallest absolute Gasteiger partial charge is 0.414 e. The van der Waals surface area contributed by atoms with Crippen LogP contribution >= 0.6 is 0 Å². The number of carbonyl (C=O) groups is 2. The minimum Gasteiger partial charge on any atom is -0.442 e. The van der Waals surface area contributed by atoms with Gasteiger partial charge in [-0.25, -0.2) is 9.18 Å². The lowest BCUT2D eigenvalue weighted by Gasteiger charge is -2.20. The second-order valence-electron chi connectivity index (χ2n) is 7.40. The van der Waals surface area contributed by atoms with Gasteiger partial charge in [0.25, 0.3) is 0 Å². The highest BCUT2D eigenvalue weighted by Crippen LogP contribution is 2.51. The van der Waals surface area contributed by atoms with E-state index >= 15 is 0 Å². The quantitative estimate of drug-likeness (QED) is 0.608. The molecule has 1 aromatic carbocycles. The molecule has 1 aromatic rings. The number of carbonyl (C=O) groups excluding carboxylic acids is 2. The van der Waals surface area contributed by atoms with Crippen molar-refractivity contribution in [3.8, 4) is 0 Å². The Morgan fingerprint density at radius 2 is 2.26 bits per heavy atom. The monoisotopic (exact) mass is 375 g/mol. The summed E-state index contributed by atoms with van der Waals surface area (Å²) in [4.78, 5) is 26.4. The van der Waals surface area contributed by atoms with Crippen LogP contribution in [0.4, 0.5) is 20.6 Å². The number of halogens is 1. The third-order valence-corrected chi connectivity index (χ3v) is 5.49. The molecule has 0 aromatic heterocycles. The summed E-state index contributed by atoms with van der Waals surface area (Å²) in [6.45, 7) is 3.12. The van der Waals surface area contributed by atoms with Gasteiger partial charge in [-0.05, 0) is 31.0 Å². The van der Waals surface area contributed by atoms with Crippen LogP contribution in [0.2, 0.25) is 0 Å². The fraction of sp³-hybridized carbons (Fsp3) is 0.500. The SMILES string of the molecule is CC(=O)NC[C@H]1CN(c2ccc(N3C/C(=N\N)C4(CC4)C3)c(F)c2)C(=O)O1. The first-order valence-electron chi connectivity index (χ1n) is 8.96. The molecule has 1 atom stereocenters. The summed E-state index contributed by atoms with van der Waals surface area (Å²) < 4.78 is 20.0. The average molecular weight is 375 g/mol. The van der Waals surface area contributed by atoms with E-state index in [2.05, 4.69) is 10.4 Å². The maximum atomic E-state index is 14.8. The minimum atomic E-state index is -0.548. The molecule has 1 spiro atoms. The largest absolute Gasteiger partial charge is 0.442 e. The van der Waals surface area contributed by atoms with Crippen LogP contribution in [0.3, 0.4) is 0 Å². The molecule has 3 N–H and O–H groups in total. The lowest BCUT2D eigenvalue weighted by Crippen LogP contribution is -2.33. The molecule has 27 heavy (non-hydrogen) atoms. The third kappa shape index (κ3) is 3.17. The predicted octanol–water partition coefficient (Wildman–Crippen LogP) is 1.20. The average Bonchev–Trinajstić information content (AvgIpc) is 3.16. The van der Waals surface area contributed by atoms with Gasteiger partial charge < -0.3 is 20.8 Å². The van der Waals surface area contributed by atoms with Crippen LogP contribution in [0.25, 0.3) is 0 Å². The van der Waals surface area contributed by atoms with Crippen LogP contribution < -0.4 is 21.0 Å². The summed E-state index contributed by atoms with van der Waals surface area (Å²) in [5, 5.41) is 6.51. The second-order valence-corrected chi connectivity index (χ2v) is 7.40. The molecule has 2 amide bonds. The third-order valence-electron chi connectivity index (χ3n) is 5.49. The van der Waals surface area contributed by atoms with E-state index in [9.17, 15) is 14.0 Å². The van der Waals surface area contributed by atoms with Gasteiger partial charge in [0.2, 0.25) is 5.91 Å². The molecule has 8 nitrogen and oxygen atoms in total.